The second kappa shape index (κ2) is 6.35. The summed E-state index contributed by atoms with van der Waals surface area (Å²) in [4.78, 5) is 0. The summed E-state index contributed by atoms with van der Waals surface area (Å²) in [5, 5.41) is 12.1. The maximum Gasteiger partial charge on any atom is 0.153 e. The van der Waals surface area contributed by atoms with Gasteiger partial charge in [0.25, 0.3) is 0 Å². The standard InChI is InChI=1S/C14H25BrN4/c1-4-10-16-12(11-13(15)17-18-19(11)3)14(5-2)8-6-7-9-14/h12,16H,4-10H2,1-3H3. The number of hydrogen-bond acceptors (Lipinski definition) is 3. The van der Waals surface area contributed by atoms with Gasteiger partial charge in [0, 0.05) is 7.05 Å². The van der Waals surface area contributed by atoms with Gasteiger partial charge in [0.05, 0.1) is 11.7 Å². The Morgan fingerprint density at radius 1 is 1.37 bits per heavy atom. The number of aryl methyl sites for hydroxylation is 1. The van der Waals surface area contributed by atoms with Crippen molar-refractivity contribution in [3.05, 3.63) is 10.3 Å². The van der Waals surface area contributed by atoms with Gasteiger partial charge in [-0.1, -0.05) is 31.9 Å². The maximum atomic E-state index is 4.17. The lowest BCUT2D eigenvalue weighted by Crippen LogP contribution is -2.38. The van der Waals surface area contributed by atoms with Gasteiger partial charge in [-0.25, -0.2) is 4.68 Å². The second-order valence-electron chi connectivity index (χ2n) is 5.70. The quantitative estimate of drug-likeness (QED) is 0.867. The average Bonchev–Trinajstić information content (AvgIpc) is 3.01. The van der Waals surface area contributed by atoms with Crippen LogP contribution in [0.2, 0.25) is 0 Å². The Bertz CT molecular complexity index is 390. The lowest BCUT2D eigenvalue weighted by Gasteiger charge is -2.37. The lowest BCUT2D eigenvalue weighted by atomic mass is 9.75. The fourth-order valence-electron chi connectivity index (χ4n) is 3.46. The molecule has 5 heteroatoms. The molecule has 0 saturated heterocycles. The zero-order chi connectivity index (χ0) is 13.9. The Labute approximate surface area is 124 Å². The SMILES string of the molecule is CCCNC(c1c(Br)nnn1C)C1(CC)CCCC1. The maximum absolute atomic E-state index is 4.17. The molecule has 0 aliphatic heterocycles. The topological polar surface area (TPSA) is 42.7 Å². The summed E-state index contributed by atoms with van der Waals surface area (Å²) in [6, 6.07) is 0.356. The predicted molar refractivity (Wildman–Crippen MR) is 80.9 cm³/mol. The van der Waals surface area contributed by atoms with E-state index in [1.165, 1.54) is 37.8 Å². The summed E-state index contributed by atoms with van der Waals surface area (Å²) in [6.07, 6.45) is 7.68. The smallest absolute Gasteiger partial charge is 0.153 e. The van der Waals surface area contributed by atoms with Crippen LogP contribution in [0.25, 0.3) is 0 Å². The zero-order valence-corrected chi connectivity index (χ0v) is 13.8. The van der Waals surface area contributed by atoms with Crippen molar-refractivity contribution in [3.63, 3.8) is 0 Å². The third-order valence-corrected chi connectivity index (χ3v) is 5.18. The molecular formula is C14H25BrN4. The summed E-state index contributed by atoms with van der Waals surface area (Å²) in [5.41, 5.74) is 1.57. The molecule has 1 fully saturated rings. The lowest BCUT2D eigenvalue weighted by molar-refractivity contribution is 0.179. The van der Waals surface area contributed by atoms with Crippen LogP contribution in [-0.4, -0.2) is 21.5 Å². The molecule has 4 nitrogen and oxygen atoms in total. The van der Waals surface area contributed by atoms with E-state index in [4.69, 9.17) is 0 Å². The molecule has 1 heterocycles. The number of nitrogens with one attached hydrogen (secondary N) is 1. The predicted octanol–water partition coefficient (Wildman–Crippen LogP) is 3.59. The van der Waals surface area contributed by atoms with Gasteiger partial charge in [0.1, 0.15) is 0 Å². The molecule has 1 saturated carbocycles. The van der Waals surface area contributed by atoms with E-state index in [2.05, 4.69) is 45.4 Å². The van der Waals surface area contributed by atoms with Gasteiger partial charge in [0.15, 0.2) is 4.60 Å². The molecule has 1 aromatic rings. The van der Waals surface area contributed by atoms with Gasteiger partial charge in [-0.15, -0.1) is 5.10 Å². The van der Waals surface area contributed by atoms with Crippen molar-refractivity contribution in [2.45, 2.75) is 58.4 Å². The first-order valence-corrected chi connectivity index (χ1v) is 8.22. The van der Waals surface area contributed by atoms with E-state index < -0.39 is 0 Å². The number of halogens is 1. The van der Waals surface area contributed by atoms with Crippen molar-refractivity contribution in [2.24, 2.45) is 12.5 Å². The molecule has 0 spiro atoms. The highest BCUT2D eigenvalue weighted by atomic mass is 79.9. The molecule has 0 bridgehead atoms. The third-order valence-electron chi connectivity index (χ3n) is 4.61. The summed E-state index contributed by atoms with van der Waals surface area (Å²) in [6.45, 7) is 5.58. The van der Waals surface area contributed by atoms with Crippen molar-refractivity contribution in [3.8, 4) is 0 Å². The van der Waals surface area contributed by atoms with E-state index in [9.17, 15) is 0 Å². The van der Waals surface area contributed by atoms with Gasteiger partial charge in [-0.2, -0.15) is 0 Å². The molecule has 1 atom stereocenters. The van der Waals surface area contributed by atoms with Crippen LogP contribution in [0.5, 0.6) is 0 Å². The van der Waals surface area contributed by atoms with Crippen LogP contribution in [0.1, 0.15) is 64.1 Å². The molecule has 0 amide bonds. The van der Waals surface area contributed by atoms with E-state index >= 15 is 0 Å². The Hall–Kier alpha value is -0.420. The summed E-state index contributed by atoms with van der Waals surface area (Å²) in [7, 11) is 1.99. The normalized spacial score (nSPS) is 19.8. The first-order valence-electron chi connectivity index (χ1n) is 7.43. The minimum absolute atomic E-state index is 0.356. The highest BCUT2D eigenvalue weighted by Gasteiger charge is 2.42. The van der Waals surface area contributed by atoms with Crippen LogP contribution >= 0.6 is 15.9 Å². The van der Waals surface area contributed by atoms with E-state index in [0.717, 1.165) is 17.6 Å². The fourth-order valence-corrected chi connectivity index (χ4v) is 4.02. The van der Waals surface area contributed by atoms with E-state index in [1.54, 1.807) is 0 Å². The van der Waals surface area contributed by atoms with Crippen LogP contribution in [0.3, 0.4) is 0 Å². The number of nitrogens with zero attached hydrogens (tertiary/aromatic N) is 3. The Kier molecular flexibility index (Phi) is 5.01. The summed E-state index contributed by atoms with van der Waals surface area (Å²) < 4.78 is 2.82. The zero-order valence-electron chi connectivity index (χ0n) is 12.2. The van der Waals surface area contributed by atoms with E-state index in [1.807, 2.05) is 11.7 Å². The molecule has 0 aromatic carbocycles. The second-order valence-corrected chi connectivity index (χ2v) is 6.45. The number of aromatic nitrogens is 3. The third kappa shape index (κ3) is 2.87. The first kappa shape index (κ1) is 15.0. The molecule has 108 valence electrons. The Balaban J connectivity index is 2.35. The van der Waals surface area contributed by atoms with Crippen LogP contribution < -0.4 is 5.32 Å². The van der Waals surface area contributed by atoms with E-state index in [-0.39, 0.29) is 0 Å². The highest BCUT2D eigenvalue weighted by molar-refractivity contribution is 9.10. The van der Waals surface area contributed by atoms with Crippen molar-refractivity contribution in [1.82, 2.24) is 20.3 Å². The van der Waals surface area contributed by atoms with Gasteiger partial charge < -0.3 is 5.32 Å². The average molecular weight is 329 g/mol. The summed E-state index contributed by atoms with van der Waals surface area (Å²) in [5.74, 6) is 0. The molecule has 2 rings (SSSR count). The molecule has 1 N–H and O–H groups in total. The Morgan fingerprint density at radius 3 is 2.53 bits per heavy atom. The fraction of sp³-hybridized carbons (Fsp3) is 0.857. The largest absolute Gasteiger partial charge is 0.308 e. The minimum atomic E-state index is 0.356. The molecular weight excluding hydrogens is 304 g/mol. The van der Waals surface area contributed by atoms with Gasteiger partial charge in [0.2, 0.25) is 0 Å². The van der Waals surface area contributed by atoms with Crippen molar-refractivity contribution < 1.29 is 0 Å². The molecule has 1 aliphatic rings. The highest BCUT2D eigenvalue weighted by Crippen LogP contribution is 2.50. The molecule has 1 unspecified atom stereocenters. The van der Waals surface area contributed by atoms with Crippen LogP contribution in [0.15, 0.2) is 4.60 Å². The van der Waals surface area contributed by atoms with Crippen LogP contribution in [0, 0.1) is 5.41 Å². The minimum Gasteiger partial charge on any atom is -0.308 e. The molecule has 19 heavy (non-hydrogen) atoms. The first-order chi connectivity index (χ1) is 9.14. The van der Waals surface area contributed by atoms with Crippen molar-refractivity contribution in [2.75, 3.05) is 6.54 Å². The molecule has 0 radical (unpaired) electrons. The monoisotopic (exact) mass is 328 g/mol. The van der Waals surface area contributed by atoms with Gasteiger partial charge in [-0.05, 0) is 53.6 Å². The van der Waals surface area contributed by atoms with Crippen LogP contribution in [-0.2, 0) is 7.05 Å². The van der Waals surface area contributed by atoms with Gasteiger partial charge >= 0.3 is 0 Å². The van der Waals surface area contributed by atoms with Crippen LogP contribution in [0.4, 0.5) is 0 Å². The Morgan fingerprint density at radius 2 is 2.05 bits per heavy atom. The van der Waals surface area contributed by atoms with Crippen molar-refractivity contribution in [1.29, 1.82) is 0 Å². The molecule has 1 aliphatic carbocycles. The van der Waals surface area contributed by atoms with E-state index in [0.29, 0.717) is 11.5 Å². The van der Waals surface area contributed by atoms with Crippen molar-refractivity contribution >= 4 is 15.9 Å². The van der Waals surface area contributed by atoms with Gasteiger partial charge in [-0.3, -0.25) is 0 Å². The number of rotatable bonds is 6. The molecule has 1 aromatic heterocycles. The summed E-state index contributed by atoms with van der Waals surface area (Å²) >= 11 is 3.58. The number of hydrogen-bond donors (Lipinski definition) is 1.